The van der Waals surface area contributed by atoms with Gasteiger partial charge in [-0.15, -0.1) is 0 Å². The number of fused-ring (bicyclic) bond motifs is 2. The van der Waals surface area contributed by atoms with Crippen LogP contribution < -0.4 is 5.43 Å². The Bertz CT molecular complexity index is 992. The average Bonchev–Trinajstić information content (AvgIpc) is 3.01. The van der Waals surface area contributed by atoms with Crippen molar-refractivity contribution in [1.29, 1.82) is 0 Å². The van der Waals surface area contributed by atoms with E-state index in [9.17, 15) is 0 Å². The van der Waals surface area contributed by atoms with Crippen LogP contribution in [0, 0.1) is 0 Å². The lowest BCUT2D eigenvalue weighted by molar-refractivity contribution is 0.331. The molecule has 2 aromatic rings. The van der Waals surface area contributed by atoms with Gasteiger partial charge in [0.25, 0.3) is 0 Å². The van der Waals surface area contributed by atoms with E-state index in [0.717, 1.165) is 23.5 Å². The van der Waals surface area contributed by atoms with E-state index in [1.807, 2.05) is 26.2 Å². The second kappa shape index (κ2) is 5.36. The molecule has 0 spiro atoms. The van der Waals surface area contributed by atoms with Crippen molar-refractivity contribution in [3.8, 4) is 0 Å². The monoisotopic (exact) mass is 329 g/mol. The molecule has 4 rings (SSSR count). The van der Waals surface area contributed by atoms with Crippen LogP contribution in [0.5, 0.6) is 0 Å². The molecule has 0 saturated carbocycles. The summed E-state index contributed by atoms with van der Waals surface area (Å²) in [4.78, 5) is 2.08. The van der Waals surface area contributed by atoms with E-state index >= 15 is 0 Å². The smallest absolute Gasteiger partial charge is 0.0453 e. The fourth-order valence-electron chi connectivity index (χ4n) is 3.84. The first-order valence-electron chi connectivity index (χ1n) is 8.43. The molecule has 0 atom stereocenters. The van der Waals surface area contributed by atoms with E-state index in [1.54, 1.807) is 0 Å². The molecule has 0 unspecified atom stereocenters. The van der Waals surface area contributed by atoms with Gasteiger partial charge in [0.2, 0.25) is 0 Å². The number of hydrogen-bond donors (Lipinski definition) is 1. The van der Waals surface area contributed by atoms with E-state index < -0.39 is 0 Å². The summed E-state index contributed by atoms with van der Waals surface area (Å²) in [6.45, 7) is 12.7. The highest BCUT2D eigenvalue weighted by Crippen LogP contribution is 2.44. The molecule has 0 fully saturated rings. The normalized spacial score (nSPS) is 15.7. The molecule has 0 bridgehead atoms. The summed E-state index contributed by atoms with van der Waals surface area (Å²) in [6, 6.07) is 8.76. The summed E-state index contributed by atoms with van der Waals surface area (Å²) in [5, 5.41) is 4.45. The van der Waals surface area contributed by atoms with E-state index in [0.29, 0.717) is 0 Å². The average molecular weight is 329 g/mol. The number of benzene rings is 2. The lowest BCUT2D eigenvalue weighted by atomic mass is 9.87. The number of hydrazine groups is 1. The van der Waals surface area contributed by atoms with Crippen LogP contribution in [0.25, 0.3) is 28.2 Å². The van der Waals surface area contributed by atoms with Crippen molar-refractivity contribution >= 4 is 28.2 Å². The van der Waals surface area contributed by atoms with Crippen molar-refractivity contribution in [1.82, 2.24) is 15.3 Å². The van der Waals surface area contributed by atoms with Gasteiger partial charge < -0.3 is 10.3 Å². The largest absolute Gasteiger partial charge is 0.345 e. The van der Waals surface area contributed by atoms with Gasteiger partial charge in [0, 0.05) is 61.2 Å². The van der Waals surface area contributed by atoms with Gasteiger partial charge >= 0.3 is 0 Å². The van der Waals surface area contributed by atoms with Crippen LogP contribution in [0.15, 0.2) is 55.3 Å². The summed E-state index contributed by atoms with van der Waals surface area (Å²) >= 11 is 0. The summed E-state index contributed by atoms with van der Waals surface area (Å²) < 4.78 is 0. The topological polar surface area (TPSA) is 18.5 Å². The summed E-state index contributed by atoms with van der Waals surface area (Å²) in [5.41, 5.74) is 12.5. The number of allylic oxidation sites excluding steroid dienone is 1. The first kappa shape index (κ1) is 15.7. The number of nitrogens with one attached hydrogen (secondary N) is 1. The molecule has 0 radical (unpaired) electrons. The molecule has 1 aliphatic carbocycles. The van der Waals surface area contributed by atoms with E-state index in [4.69, 9.17) is 0 Å². The maximum absolute atomic E-state index is 4.30. The van der Waals surface area contributed by atoms with Gasteiger partial charge in [0.15, 0.2) is 0 Å². The van der Waals surface area contributed by atoms with Gasteiger partial charge in [-0.25, -0.2) is 5.01 Å². The minimum Gasteiger partial charge on any atom is -0.345 e. The predicted octanol–water partition coefficient (Wildman–Crippen LogP) is 4.25. The molecular weight excluding hydrogens is 306 g/mol. The van der Waals surface area contributed by atoms with Crippen LogP contribution in [0.3, 0.4) is 0 Å². The van der Waals surface area contributed by atoms with Crippen molar-refractivity contribution in [2.75, 3.05) is 21.1 Å². The lowest BCUT2D eigenvalue weighted by Gasteiger charge is -2.32. The molecule has 1 heterocycles. The highest BCUT2D eigenvalue weighted by molar-refractivity contribution is 6.09. The molecule has 25 heavy (non-hydrogen) atoms. The zero-order valence-electron chi connectivity index (χ0n) is 15.1. The SMILES string of the molecule is C=C(NN(C)C)C1=Cc2c(cc3c4c(cccc24)C(=C)N(C)C3=C)C1. The van der Waals surface area contributed by atoms with Crippen LogP contribution in [-0.2, 0) is 6.42 Å². The molecule has 0 amide bonds. The fraction of sp³-hybridized carbons (Fsp3) is 0.182. The Kier molecular flexibility index (Phi) is 3.37. The number of rotatable bonds is 3. The van der Waals surface area contributed by atoms with Crippen molar-refractivity contribution in [2.45, 2.75) is 6.42 Å². The third kappa shape index (κ3) is 2.24. The maximum Gasteiger partial charge on any atom is 0.0453 e. The van der Waals surface area contributed by atoms with Crippen LogP contribution in [0.4, 0.5) is 0 Å². The van der Waals surface area contributed by atoms with Crippen molar-refractivity contribution in [2.24, 2.45) is 0 Å². The summed E-state index contributed by atoms with van der Waals surface area (Å²) in [7, 11) is 5.98. The third-order valence-corrected chi connectivity index (χ3v) is 5.17. The predicted molar refractivity (Wildman–Crippen MR) is 107 cm³/mol. The number of hydrogen-bond acceptors (Lipinski definition) is 3. The Labute approximate surface area is 149 Å². The second-order valence-electron chi connectivity index (χ2n) is 7.01. The second-order valence-corrected chi connectivity index (χ2v) is 7.01. The molecule has 0 aromatic heterocycles. The summed E-state index contributed by atoms with van der Waals surface area (Å²) in [5.74, 6) is 0. The zero-order valence-corrected chi connectivity index (χ0v) is 15.1. The Balaban J connectivity index is 1.92. The minimum atomic E-state index is 0.889. The Morgan fingerprint density at radius 2 is 1.88 bits per heavy atom. The molecule has 0 saturated heterocycles. The Morgan fingerprint density at radius 1 is 1.16 bits per heavy atom. The maximum atomic E-state index is 4.30. The Morgan fingerprint density at radius 3 is 2.60 bits per heavy atom. The molecule has 126 valence electrons. The highest BCUT2D eigenvalue weighted by atomic mass is 15.5. The van der Waals surface area contributed by atoms with Gasteiger partial charge in [-0.1, -0.05) is 37.9 Å². The highest BCUT2D eigenvalue weighted by Gasteiger charge is 2.26. The first-order valence-corrected chi connectivity index (χ1v) is 8.43. The lowest BCUT2D eigenvalue weighted by Crippen LogP contribution is -2.29. The van der Waals surface area contributed by atoms with Gasteiger partial charge in [0.05, 0.1) is 0 Å². The van der Waals surface area contributed by atoms with Crippen molar-refractivity contribution in [3.05, 3.63) is 77.5 Å². The van der Waals surface area contributed by atoms with E-state index in [-0.39, 0.29) is 0 Å². The molecule has 2 aliphatic rings. The van der Waals surface area contributed by atoms with Crippen LogP contribution in [-0.4, -0.2) is 31.1 Å². The molecule has 1 aliphatic heterocycles. The quantitative estimate of drug-likeness (QED) is 0.850. The van der Waals surface area contributed by atoms with Crippen LogP contribution in [0.2, 0.25) is 0 Å². The first-order chi connectivity index (χ1) is 11.9. The van der Waals surface area contributed by atoms with E-state index in [2.05, 4.69) is 60.4 Å². The van der Waals surface area contributed by atoms with Gasteiger partial charge in [0.1, 0.15) is 0 Å². The molecule has 3 nitrogen and oxygen atoms in total. The number of nitrogens with zero attached hydrogens (tertiary/aromatic N) is 2. The molecule has 2 aromatic carbocycles. The minimum absolute atomic E-state index is 0.889. The van der Waals surface area contributed by atoms with E-state index in [1.165, 1.54) is 38.6 Å². The zero-order chi connectivity index (χ0) is 17.9. The summed E-state index contributed by atoms with van der Waals surface area (Å²) in [6.07, 6.45) is 3.15. The van der Waals surface area contributed by atoms with Crippen LogP contribution >= 0.6 is 0 Å². The van der Waals surface area contributed by atoms with Gasteiger partial charge in [-0.05, 0) is 34.2 Å². The molecule has 1 N–H and O–H groups in total. The van der Waals surface area contributed by atoms with Gasteiger partial charge in [-0.3, -0.25) is 0 Å². The van der Waals surface area contributed by atoms with Gasteiger partial charge in [-0.2, -0.15) is 0 Å². The molecular formula is C22H23N3. The fourth-order valence-corrected chi connectivity index (χ4v) is 3.84. The van der Waals surface area contributed by atoms with Crippen molar-refractivity contribution < 1.29 is 0 Å². The van der Waals surface area contributed by atoms with Crippen LogP contribution in [0.1, 0.15) is 22.3 Å². The third-order valence-electron chi connectivity index (χ3n) is 5.17. The molecule has 3 heteroatoms. The van der Waals surface area contributed by atoms with Crippen molar-refractivity contribution in [3.63, 3.8) is 0 Å². The standard InChI is InChI=1S/C22H23N3/c1-13(23-24(4)5)16-10-17-12-20-15(3)25(6)14(2)18-8-7-9-19(22(18)20)21(17)11-16/h7-9,11-12,23H,1-3,10H2,4-6H3. The Hall–Kier alpha value is -2.78.